The molecule has 24 heavy (non-hydrogen) atoms. The highest BCUT2D eigenvalue weighted by Gasteiger charge is 2.13. The number of benzene rings is 1. The van der Waals surface area contributed by atoms with Crippen molar-refractivity contribution in [1.29, 1.82) is 0 Å². The van der Waals surface area contributed by atoms with Crippen molar-refractivity contribution in [2.45, 2.75) is 13.5 Å². The first-order valence-corrected chi connectivity index (χ1v) is 8.19. The minimum absolute atomic E-state index is 0.317. The van der Waals surface area contributed by atoms with Gasteiger partial charge in [-0.25, -0.2) is 4.39 Å². The van der Waals surface area contributed by atoms with E-state index in [-0.39, 0.29) is 11.7 Å². The number of carbonyl (C=O) groups is 1. The Labute approximate surface area is 141 Å². The molecule has 0 saturated carbocycles. The van der Waals surface area contributed by atoms with Crippen LogP contribution in [0.15, 0.2) is 29.3 Å². The van der Waals surface area contributed by atoms with Gasteiger partial charge in [-0.2, -0.15) is 10.1 Å². The summed E-state index contributed by atoms with van der Waals surface area (Å²) in [6, 6.07) is 6.22. The van der Waals surface area contributed by atoms with Crippen LogP contribution in [0.1, 0.15) is 16.2 Å². The van der Waals surface area contributed by atoms with Gasteiger partial charge in [-0.15, -0.1) is 0 Å². The first-order chi connectivity index (χ1) is 11.5. The summed E-state index contributed by atoms with van der Waals surface area (Å²) in [5.41, 5.74) is 1.99. The van der Waals surface area contributed by atoms with E-state index in [1.54, 1.807) is 26.3 Å². The SMILES string of the molecule is COCCn1c(=NC(=O)c2cc(C)nn2C)sc2cc(F)ccc21. The standard InChI is InChI=1S/C16H17FN4O2S/c1-10-8-13(20(2)19-10)15(22)18-16-21(6-7-23-3)12-5-4-11(17)9-14(12)24-16/h4-5,8-9H,6-7H2,1-3H3. The summed E-state index contributed by atoms with van der Waals surface area (Å²) in [6.45, 7) is 2.81. The number of hydrogen-bond acceptors (Lipinski definition) is 4. The molecule has 0 fully saturated rings. The van der Waals surface area contributed by atoms with Gasteiger partial charge in [0.2, 0.25) is 0 Å². The highest BCUT2D eigenvalue weighted by molar-refractivity contribution is 7.16. The molecule has 0 aliphatic carbocycles. The van der Waals surface area contributed by atoms with Crippen LogP contribution in [-0.2, 0) is 18.3 Å². The van der Waals surface area contributed by atoms with Gasteiger partial charge in [0, 0.05) is 20.7 Å². The first-order valence-electron chi connectivity index (χ1n) is 7.37. The summed E-state index contributed by atoms with van der Waals surface area (Å²) in [5, 5.41) is 4.16. The fraction of sp³-hybridized carbons (Fsp3) is 0.312. The van der Waals surface area contributed by atoms with Gasteiger partial charge in [-0.3, -0.25) is 9.48 Å². The van der Waals surface area contributed by atoms with E-state index in [9.17, 15) is 9.18 Å². The van der Waals surface area contributed by atoms with Gasteiger partial charge in [-0.05, 0) is 31.2 Å². The average Bonchev–Trinajstić information content (AvgIpc) is 3.04. The summed E-state index contributed by atoms with van der Waals surface area (Å²) < 4.78 is 22.7. The Kier molecular flexibility index (Phi) is 4.59. The third-order valence-electron chi connectivity index (χ3n) is 3.58. The molecule has 0 aliphatic rings. The lowest BCUT2D eigenvalue weighted by molar-refractivity contribution is 0.0988. The topological polar surface area (TPSA) is 61.4 Å². The molecule has 8 heteroatoms. The van der Waals surface area contributed by atoms with Gasteiger partial charge in [0.05, 0.1) is 22.5 Å². The van der Waals surface area contributed by atoms with E-state index in [2.05, 4.69) is 10.1 Å². The summed E-state index contributed by atoms with van der Waals surface area (Å²) in [5.74, 6) is -0.695. The summed E-state index contributed by atoms with van der Waals surface area (Å²) >= 11 is 1.27. The predicted octanol–water partition coefficient (Wildman–Crippen LogP) is 2.27. The van der Waals surface area contributed by atoms with Gasteiger partial charge < -0.3 is 9.30 Å². The van der Waals surface area contributed by atoms with E-state index >= 15 is 0 Å². The molecule has 0 N–H and O–H groups in total. The Morgan fingerprint density at radius 3 is 2.88 bits per heavy atom. The van der Waals surface area contributed by atoms with Crippen molar-refractivity contribution in [3.05, 3.63) is 46.3 Å². The third kappa shape index (κ3) is 3.15. The Bertz CT molecular complexity index is 970. The van der Waals surface area contributed by atoms with Crippen LogP contribution in [-0.4, -0.2) is 34.0 Å². The molecule has 1 aromatic carbocycles. The van der Waals surface area contributed by atoms with Crippen molar-refractivity contribution in [2.75, 3.05) is 13.7 Å². The number of carbonyl (C=O) groups excluding carboxylic acids is 1. The molecule has 2 heterocycles. The molecule has 0 bridgehead atoms. The fourth-order valence-electron chi connectivity index (χ4n) is 2.49. The lowest BCUT2D eigenvalue weighted by Crippen LogP contribution is -2.20. The number of nitrogens with zero attached hydrogens (tertiary/aromatic N) is 4. The molecule has 3 rings (SSSR count). The van der Waals surface area contributed by atoms with Crippen LogP contribution in [0.2, 0.25) is 0 Å². The number of aryl methyl sites for hydroxylation is 2. The molecule has 126 valence electrons. The van der Waals surface area contributed by atoms with Gasteiger partial charge in [0.1, 0.15) is 11.5 Å². The lowest BCUT2D eigenvalue weighted by Gasteiger charge is -2.04. The molecular weight excluding hydrogens is 331 g/mol. The largest absolute Gasteiger partial charge is 0.383 e. The van der Waals surface area contributed by atoms with E-state index in [0.717, 1.165) is 15.9 Å². The zero-order chi connectivity index (χ0) is 17.3. The van der Waals surface area contributed by atoms with Crippen LogP contribution in [0.3, 0.4) is 0 Å². The highest BCUT2D eigenvalue weighted by atomic mass is 32.1. The maximum Gasteiger partial charge on any atom is 0.297 e. The maximum absolute atomic E-state index is 13.5. The number of rotatable bonds is 4. The molecule has 1 amide bonds. The zero-order valence-electron chi connectivity index (χ0n) is 13.6. The molecule has 0 spiro atoms. The Morgan fingerprint density at radius 2 is 2.21 bits per heavy atom. The quantitative estimate of drug-likeness (QED) is 0.727. The number of aromatic nitrogens is 3. The summed E-state index contributed by atoms with van der Waals surface area (Å²) in [7, 11) is 3.31. The van der Waals surface area contributed by atoms with E-state index in [4.69, 9.17) is 4.74 Å². The summed E-state index contributed by atoms with van der Waals surface area (Å²) in [6.07, 6.45) is 0. The molecule has 0 aliphatic heterocycles. The lowest BCUT2D eigenvalue weighted by atomic mass is 10.3. The second-order valence-corrected chi connectivity index (χ2v) is 6.36. The monoisotopic (exact) mass is 348 g/mol. The van der Waals surface area contributed by atoms with Gasteiger partial charge in [0.15, 0.2) is 4.80 Å². The fourth-order valence-corrected chi connectivity index (χ4v) is 3.57. The normalized spacial score (nSPS) is 12.2. The van der Waals surface area contributed by atoms with E-state index in [1.807, 2.05) is 11.5 Å². The van der Waals surface area contributed by atoms with Gasteiger partial charge >= 0.3 is 0 Å². The van der Waals surface area contributed by atoms with E-state index in [0.29, 0.717) is 23.6 Å². The average molecular weight is 348 g/mol. The second kappa shape index (κ2) is 6.66. The van der Waals surface area contributed by atoms with Crippen LogP contribution in [0.25, 0.3) is 10.2 Å². The Hall–Kier alpha value is -2.32. The Morgan fingerprint density at radius 1 is 1.42 bits per heavy atom. The molecule has 0 saturated heterocycles. The highest BCUT2D eigenvalue weighted by Crippen LogP contribution is 2.18. The predicted molar refractivity (Wildman–Crippen MR) is 89.5 cm³/mol. The molecule has 6 nitrogen and oxygen atoms in total. The number of fused-ring (bicyclic) bond motifs is 1. The van der Waals surface area contributed by atoms with Crippen LogP contribution < -0.4 is 4.80 Å². The Balaban J connectivity index is 2.13. The van der Waals surface area contributed by atoms with Gasteiger partial charge in [0.25, 0.3) is 5.91 Å². The minimum Gasteiger partial charge on any atom is -0.383 e. The smallest absolute Gasteiger partial charge is 0.297 e. The molecule has 3 aromatic rings. The molecule has 2 aromatic heterocycles. The number of amides is 1. The first kappa shape index (κ1) is 16.5. The van der Waals surface area contributed by atoms with Crippen LogP contribution in [0.4, 0.5) is 4.39 Å². The van der Waals surface area contributed by atoms with Crippen LogP contribution >= 0.6 is 11.3 Å². The van der Waals surface area contributed by atoms with E-state index < -0.39 is 0 Å². The minimum atomic E-state index is -0.378. The van der Waals surface area contributed by atoms with Crippen molar-refractivity contribution in [3.8, 4) is 0 Å². The maximum atomic E-state index is 13.5. The number of hydrogen-bond donors (Lipinski definition) is 0. The number of ether oxygens (including phenoxy) is 1. The zero-order valence-corrected chi connectivity index (χ0v) is 14.4. The van der Waals surface area contributed by atoms with Crippen molar-refractivity contribution >= 4 is 27.5 Å². The second-order valence-electron chi connectivity index (χ2n) is 5.35. The summed E-state index contributed by atoms with van der Waals surface area (Å²) in [4.78, 5) is 17.2. The van der Waals surface area contributed by atoms with Crippen molar-refractivity contribution in [1.82, 2.24) is 14.3 Å². The molecule has 0 radical (unpaired) electrons. The number of thiazole rings is 1. The number of methoxy groups -OCH3 is 1. The van der Waals surface area contributed by atoms with Crippen LogP contribution in [0, 0.1) is 12.7 Å². The number of halogens is 1. The van der Waals surface area contributed by atoms with E-state index in [1.165, 1.54) is 28.2 Å². The van der Waals surface area contributed by atoms with Gasteiger partial charge in [-0.1, -0.05) is 11.3 Å². The molecule has 0 unspecified atom stereocenters. The third-order valence-corrected chi connectivity index (χ3v) is 4.62. The van der Waals surface area contributed by atoms with Crippen molar-refractivity contribution < 1.29 is 13.9 Å². The van der Waals surface area contributed by atoms with Crippen LogP contribution in [0.5, 0.6) is 0 Å². The van der Waals surface area contributed by atoms with Crippen molar-refractivity contribution in [3.63, 3.8) is 0 Å². The molecular formula is C16H17FN4O2S. The van der Waals surface area contributed by atoms with Crippen molar-refractivity contribution in [2.24, 2.45) is 12.0 Å². The molecule has 0 atom stereocenters.